The minimum Gasteiger partial charge on any atom is -0.393 e. The third kappa shape index (κ3) is 3.26. The van der Waals surface area contributed by atoms with Crippen LogP contribution in [-0.2, 0) is 10.0 Å². The molecule has 0 aliphatic carbocycles. The molecule has 0 bridgehead atoms. The fourth-order valence-electron chi connectivity index (χ4n) is 2.54. The molecule has 0 saturated carbocycles. The molecule has 0 spiro atoms. The molecule has 1 aromatic rings. The summed E-state index contributed by atoms with van der Waals surface area (Å²) >= 11 is 4.90. The second-order valence-electron chi connectivity index (χ2n) is 5.54. The maximum absolute atomic E-state index is 12.7. The van der Waals surface area contributed by atoms with Gasteiger partial charge in [-0.2, -0.15) is 4.31 Å². The average molecular weight is 328 g/mol. The molecule has 1 saturated heterocycles. The van der Waals surface area contributed by atoms with E-state index < -0.39 is 16.1 Å². The molecular weight excluding hydrogens is 308 g/mol. The SMILES string of the molecule is Cc1cc(C(N)=S)ccc1S(=O)(=O)N1CCC(O)C(C)C1. The third-order valence-electron chi connectivity index (χ3n) is 3.90. The van der Waals surface area contributed by atoms with E-state index in [2.05, 4.69) is 0 Å². The highest BCUT2D eigenvalue weighted by Crippen LogP contribution is 2.26. The van der Waals surface area contributed by atoms with Crippen molar-refractivity contribution < 1.29 is 13.5 Å². The summed E-state index contributed by atoms with van der Waals surface area (Å²) in [5.41, 5.74) is 6.84. The van der Waals surface area contributed by atoms with Crippen LogP contribution < -0.4 is 5.73 Å². The smallest absolute Gasteiger partial charge is 0.243 e. The second kappa shape index (κ2) is 6.00. The van der Waals surface area contributed by atoms with Crippen LogP contribution in [0.4, 0.5) is 0 Å². The molecule has 7 heteroatoms. The highest BCUT2D eigenvalue weighted by atomic mass is 32.2. The van der Waals surface area contributed by atoms with Gasteiger partial charge in [0.05, 0.1) is 11.0 Å². The number of rotatable bonds is 3. The number of thiocarbonyl (C=S) groups is 1. The Bertz CT molecular complexity index is 658. The van der Waals surface area contributed by atoms with Gasteiger partial charge < -0.3 is 10.8 Å². The lowest BCUT2D eigenvalue weighted by Crippen LogP contribution is -2.45. The Kier molecular flexibility index (Phi) is 4.67. The van der Waals surface area contributed by atoms with Gasteiger partial charge in [-0.25, -0.2) is 8.42 Å². The topological polar surface area (TPSA) is 83.6 Å². The summed E-state index contributed by atoms with van der Waals surface area (Å²) in [5, 5.41) is 9.73. The first-order valence-corrected chi connectivity index (χ1v) is 8.67. The largest absolute Gasteiger partial charge is 0.393 e. The molecule has 21 heavy (non-hydrogen) atoms. The van der Waals surface area contributed by atoms with Gasteiger partial charge in [0, 0.05) is 18.7 Å². The van der Waals surface area contributed by atoms with Crippen molar-refractivity contribution >= 4 is 27.2 Å². The van der Waals surface area contributed by atoms with Gasteiger partial charge in [-0.1, -0.05) is 25.2 Å². The lowest BCUT2D eigenvalue weighted by molar-refractivity contribution is 0.0628. The third-order valence-corrected chi connectivity index (χ3v) is 6.16. The molecule has 1 fully saturated rings. The molecule has 1 heterocycles. The van der Waals surface area contributed by atoms with E-state index >= 15 is 0 Å². The first-order chi connectivity index (χ1) is 9.73. The fourth-order valence-corrected chi connectivity index (χ4v) is 4.43. The monoisotopic (exact) mass is 328 g/mol. The van der Waals surface area contributed by atoms with Crippen LogP contribution in [0.25, 0.3) is 0 Å². The molecule has 2 unspecified atom stereocenters. The quantitative estimate of drug-likeness (QED) is 0.810. The van der Waals surface area contributed by atoms with E-state index in [1.54, 1.807) is 25.1 Å². The van der Waals surface area contributed by atoms with Gasteiger partial charge in [0.25, 0.3) is 0 Å². The van der Waals surface area contributed by atoms with Crippen molar-refractivity contribution in [1.29, 1.82) is 0 Å². The minimum atomic E-state index is -3.55. The van der Waals surface area contributed by atoms with E-state index in [0.29, 0.717) is 30.6 Å². The molecule has 0 aromatic heterocycles. The van der Waals surface area contributed by atoms with Gasteiger partial charge in [-0.3, -0.25) is 0 Å². The molecule has 3 N–H and O–H groups in total. The van der Waals surface area contributed by atoms with Crippen LogP contribution >= 0.6 is 12.2 Å². The Morgan fingerprint density at radius 3 is 2.67 bits per heavy atom. The summed E-state index contributed by atoms with van der Waals surface area (Å²) in [5.74, 6) is -0.0651. The zero-order valence-corrected chi connectivity index (χ0v) is 13.7. The summed E-state index contributed by atoms with van der Waals surface area (Å²) in [4.78, 5) is 0.517. The number of sulfonamides is 1. The van der Waals surface area contributed by atoms with Gasteiger partial charge in [-0.05, 0) is 37.0 Å². The molecule has 116 valence electrons. The van der Waals surface area contributed by atoms with Crippen molar-refractivity contribution in [3.8, 4) is 0 Å². The lowest BCUT2D eigenvalue weighted by Gasteiger charge is -2.33. The normalized spacial score (nSPS) is 24.0. The zero-order chi connectivity index (χ0) is 15.8. The van der Waals surface area contributed by atoms with Gasteiger partial charge in [0.1, 0.15) is 4.99 Å². The number of benzene rings is 1. The molecule has 1 aliphatic rings. The van der Waals surface area contributed by atoms with E-state index in [4.69, 9.17) is 18.0 Å². The van der Waals surface area contributed by atoms with E-state index in [-0.39, 0.29) is 15.8 Å². The van der Waals surface area contributed by atoms with Crippen molar-refractivity contribution in [1.82, 2.24) is 4.31 Å². The summed E-state index contributed by atoms with van der Waals surface area (Å²) in [6, 6.07) is 4.87. The van der Waals surface area contributed by atoms with Crippen LogP contribution in [0.2, 0.25) is 0 Å². The first-order valence-electron chi connectivity index (χ1n) is 6.82. The Morgan fingerprint density at radius 2 is 2.14 bits per heavy atom. The summed E-state index contributed by atoms with van der Waals surface area (Å²) < 4.78 is 26.9. The molecule has 2 rings (SSSR count). The Morgan fingerprint density at radius 1 is 1.48 bits per heavy atom. The van der Waals surface area contributed by atoms with Gasteiger partial charge in [0.2, 0.25) is 10.0 Å². The van der Waals surface area contributed by atoms with Crippen molar-refractivity contribution in [3.05, 3.63) is 29.3 Å². The number of hydrogen-bond donors (Lipinski definition) is 2. The standard InChI is InChI=1S/C14H20N2O3S2/c1-9-7-11(14(15)20)3-4-13(9)21(18,19)16-6-5-12(17)10(2)8-16/h3-4,7,10,12,17H,5-6,8H2,1-2H3,(H2,15,20). The number of nitrogens with zero attached hydrogens (tertiary/aromatic N) is 1. The van der Waals surface area contributed by atoms with E-state index in [0.717, 1.165) is 0 Å². The van der Waals surface area contributed by atoms with Crippen molar-refractivity contribution in [3.63, 3.8) is 0 Å². The van der Waals surface area contributed by atoms with Gasteiger partial charge in [0.15, 0.2) is 0 Å². The average Bonchev–Trinajstić information content (AvgIpc) is 2.41. The number of hydrogen-bond acceptors (Lipinski definition) is 4. The summed E-state index contributed by atoms with van der Waals surface area (Å²) in [6.45, 7) is 4.26. The van der Waals surface area contributed by atoms with Crippen molar-refractivity contribution in [2.45, 2.75) is 31.3 Å². The number of aliphatic hydroxyl groups is 1. The first kappa shape index (κ1) is 16.4. The minimum absolute atomic E-state index is 0.0651. The number of aryl methyl sites for hydroxylation is 1. The van der Waals surface area contributed by atoms with Crippen LogP contribution in [-0.4, -0.2) is 42.0 Å². The van der Waals surface area contributed by atoms with E-state index in [1.807, 2.05) is 6.92 Å². The van der Waals surface area contributed by atoms with Crippen molar-refractivity contribution in [2.75, 3.05) is 13.1 Å². The predicted octanol–water partition coefficient (Wildman–Crippen LogP) is 1.02. The van der Waals surface area contributed by atoms with Crippen LogP contribution in [0.15, 0.2) is 23.1 Å². The number of piperidine rings is 1. The van der Waals surface area contributed by atoms with Crippen LogP contribution in [0.1, 0.15) is 24.5 Å². The molecule has 1 aliphatic heterocycles. The molecule has 0 radical (unpaired) electrons. The zero-order valence-electron chi connectivity index (χ0n) is 12.1. The number of nitrogens with two attached hydrogens (primary N) is 1. The predicted molar refractivity (Wildman–Crippen MR) is 85.6 cm³/mol. The molecule has 5 nitrogen and oxygen atoms in total. The summed E-state index contributed by atoms with van der Waals surface area (Å²) in [7, 11) is -3.55. The Labute approximate surface area is 130 Å². The van der Waals surface area contributed by atoms with Crippen LogP contribution in [0.5, 0.6) is 0 Å². The molecular formula is C14H20N2O3S2. The highest BCUT2D eigenvalue weighted by Gasteiger charge is 2.33. The van der Waals surface area contributed by atoms with Crippen LogP contribution in [0, 0.1) is 12.8 Å². The lowest BCUT2D eigenvalue weighted by atomic mass is 9.99. The van der Waals surface area contributed by atoms with Gasteiger partial charge in [-0.15, -0.1) is 0 Å². The summed E-state index contributed by atoms with van der Waals surface area (Å²) in [6.07, 6.45) is 0.0271. The van der Waals surface area contributed by atoms with Crippen LogP contribution in [0.3, 0.4) is 0 Å². The van der Waals surface area contributed by atoms with E-state index in [1.165, 1.54) is 4.31 Å². The Hall–Kier alpha value is -1.02. The highest BCUT2D eigenvalue weighted by molar-refractivity contribution is 7.89. The van der Waals surface area contributed by atoms with E-state index in [9.17, 15) is 13.5 Å². The second-order valence-corrected chi connectivity index (χ2v) is 7.89. The molecule has 0 amide bonds. The van der Waals surface area contributed by atoms with Crippen molar-refractivity contribution in [2.24, 2.45) is 11.7 Å². The maximum Gasteiger partial charge on any atom is 0.243 e. The number of aliphatic hydroxyl groups excluding tert-OH is 1. The Balaban J connectivity index is 2.34. The van der Waals surface area contributed by atoms with Gasteiger partial charge >= 0.3 is 0 Å². The fraction of sp³-hybridized carbons (Fsp3) is 0.500. The molecule has 1 aromatic carbocycles. The molecule has 2 atom stereocenters. The maximum atomic E-state index is 12.7.